The number of pyridine rings is 1. The number of rotatable bonds is 12. The monoisotopic (exact) mass is 597 g/mol. The van der Waals surface area contributed by atoms with E-state index in [2.05, 4.69) is 35.9 Å². The SMILES string of the molecule is Cn1c(Nc2ccc(CNCCNCC(F)F)c(C(F)(F)F)c2)nc2ncc(OC(=CN)c3cnccn3)c(Cl)c21. The standard InChI is InChI=1S/C25H25ClF5N9O/c1-40-22-21(26)19(41-18(9-32)17-11-34-6-7-36-17)12-37-23(22)39-24(40)38-15-3-2-14(16(8-15)25(29,30)31)10-33-4-5-35-13-20(27)28/h2-3,6-9,11-12,20,33,35H,4-5,10,13,32H2,1H3,(H,37,38,39). The summed E-state index contributed by atoms with van der Waals surface area (Å²) >= 11 is 6.60. The lowest BCUT2D eigenvalue weighted by molar-refractivity contribution is -0.138. The van der Waals surface area contributed by atoms with Crippen molar-refractivity contribution in [2.75, 3.05) is 25.0 Å². The van der Waals surface area contributed by atoms with Gasteiger partial charge in [0.25, 0.3) is 6.43 Å². The second-order valence-electron chi connectivity index (χ2n) is 8.59. The number of fused-ring (bicyclic) bond motifs is 1. The van der Waals surface area contributed by atoms with Crippen molar-refractivity contribution < 1.29 is 26.7 Å². The van der Waals surface area contributed by atoms with Gasteiger partial charge < -0.3 is 31.0 Å². The Kier molecular flexibility index (Phi) is 9.52. The topological polar surface area (TPSA) is 128 Å². The van der Waals surface area contributed by atoms with E-state index in [4.69, 9.17) is 22.1 Å². The van der Waals surface area contributed by atoms with Crippen LogP contribution in [0.15, 0.2) is 49.2 Å². The molecule has 0 fully saturated rings. The smallest absolute Gasteiger partial charge is 0.416 e. The molecule has 0 aliphatic rings. The molecule has 0 saturated carbocycles. The van der Waals surface area contributed by atoms with Crippen molar-refractivity contribution in [2.24, 2.45) is 12.8 Å². The van der Waals surface area contributed by atoms with Crippen LogP contribution in [0, 0.1) is 0 Å². The summed E-state index contributed by atoms with van der Waals surface area (Å²) < 4.78 is 73.3. The van der Waals surface area contributed by atoms with Crippen molar-refractivity contribution in [3.05, 3.63) is 71.0 Å². The van der Waals surface area contributed by atoms with Gasteiger partial charge in [0, 0.05) is 51.0 Å². The number of hydrogen-bond donors (Lipinski definition) is 4. The zero-order valence-corrected chi connectivity index (χ0v) is 22.3. The van der Waals surface area contributed by atoms with Gasteiger partial charge in [-0.25, -0.2) is 18.7 Å². The van der Waals surface area contributed by atoms with Gasteiger partial charge in [-0.3, -0.25) is 4.98 Å². The summed E-state index contributed by atoms with van der Waals surface area (Å²) in [6, 6.07) is 3.77. The summed E-state index contributed by atoms with van der Waals surface area (Å²) in [4.78, 5) is 16.7. The van der Waals surface area contributed by atoms with E-state index in [1.165, 1.54) is 47.7 Å². The van der Waals surface area contributed by atoms with Gasteiger partial charge in [-0.05, 0) is 17.7 Å². The highest BCUT2D eigenvalue weighted by Gasteiger charge is 2.33. The Morgan fingerprint density at radius 1 is 1.15 bits per heavy atom. The molecule has 0 aliphatic heterocycles. The first kappa shape index (κ1) is 29.9. The van der Waals surface area contributed by atoms with Crippen molar-refractivity contribution in [1.82, 2.24) is 35.1 Å². The predicted molar refractivity (Wildman–Crippen MR) is 144 cm³/mol. The van der Waals surface area contributed by atoms with E-state index < -0.39 is 24.7 Å². The molecule has 218 valence electrons. The van der Waals surface area contributed by atoms with Crippen molar-refractivity contribution >= 4 is 40.2 Å². The fourth-order valence-corrected chi connectivity index (χ4v) is 4.12. The van der Waals surface area contributed by atoms with Gasteiger partial charge in [0.15, 0.2) is 17.2 Å². The Hall–Kier alpha value is -4.08. The Morgan fingerprint density at radius 3 is 2.61 bits per heavy atom. The van der Waals surface area contributed by atoms with E-state index in [1.54, 1.807) is 7.05 Å². The first-order valence-electron chi connectivity index (χ1n) is 12.1. The van der Waals surface area contributed by atoms with Crippen molar-refractivity contribution in [3.63, 3.8) is 0 Å². The molecule has 0 unspecified atom stereocenters. The van der Waals surface area contributed by atoms with Gasteiger partial charge >= 0.3 is 6.18 Å². The van der Waals surface area contributed by atoms with Gasteiger partial charge in [-0.1, -0.05) is 17.7 Å². The number of halogens is 6. The van der Waals surface area contributed by atoms with Crippen LogP contribution in [0.5, 0.6) is 5.75 Å². The number of aromatic nitrogens is 5. The number of alkyl halides is 5. The van der Waals surface area contributed by atoms with Crippen LogP contribution < -0.4 is 26.4 Å². The Bertz CT molecular complexity index is 1510. The number of aryl methyl sites for hydroxylation is 1. The minimum atomic E-state index is -4.64. The molecule has 0 bridgehead atoms. The molecule has 10 nitrogen and oxygen atoms in total. The van der Waals surface area contributed by atoms with E-state index >= 15 is 0 Å². The summed E-state index contributed by atoms with van der Waals surface area (Å²) in [6.45, 7) is -0.189. The molecule has 1 aromatic carbocycles. The van der Waals surface area contributed by atoms with E-state index in [-0.39, 0.29) is 59.0 Å². The molecule has 0 saturated heterocycles. The second-order valence-corrected chi connectivity index (χ2v) is 8.97. The number of hydrogen-bond acceptors (Lipinski definition) is 9. The normalized spacial score (nSPS) is 12.3. The maximum atomic E-state index is 13.9. The minimum absolute atomic E-state index is 0.000260. The molecule has 0 aliphatic carbocycles. The van der Waals surface area contributed by atoms with E-state index in [9.17, 15) is 22.0 Å². The average molecular weight is 598 g/mol. The fraction of sp³-hybridized carbons (Fsp3) is 0.280. The molecule has 3 heterocycles. The molecule has 3 aromatic heterocycles. The molecule has 16 heteroatoms. The highest BCUT2D eigenvalue weighted by atomic mass is 35.5. The van der Waals surface area contributed by atoms with Gasteiger partial charge in [0.2, 0.25) is 5.95 Å². The van der Waals surface area contributed by atoms with E-state index in [1.807, 2.05) is 0 Å². The Balaban J connectivity index is 1.53. The molecule has 4 rings (SSSR count). The molecule has 0 atom stereocenters. The summed E-state index contributed by atoms with van der Waals surface area (Å²) in [5.74, 6) is 0.510. The molecule has 0 amide bonds. The van der Waals surface area contributed by atoms with Crippen LogP contribution >= 0.6 is 11.6 Å². The third-order valence-corrected chi connectivity index (χ3v) is 6.12. The van der Waals surface area contributed by atoms with E-state index in [0.717, 1.165) is 6.07 Å². The van der Waals surface area contributed by atoms with Gasteiger partial charge in [0.05, 0.1) is 24.5 Å². The number of benzene rings is 1. The summed E-state index contributed by atoms with van der Waals surface area (Å²) in [5.41, 5.74) is 5.91. The molecule has 5 N–H and O–H groups in total. The third kappa shape index (κ3) is 7.36. The number of ether oxygens (including phenoxy) is 1. The summed E-state index contributed by atoms with van der Waals surface area (Å²) in [5, 5.41) is 8.35. The maximum Gasteiger partial charge on any atom is 0.416 e. The molecular weight excluding hydrogens is 573 g/mol. The van der Waals surface area contributed by atoms with Crippen LogP contribution in [0.4, 0.5) is 33.6 Å². The molecule has 41 heavy (non-hydrogen) atoms. The van der Waals surface area contributed by atoms with E-state index in [0.29, 0.717) is 11.2 Å². The number of nitrogens with two attached hydrogens (primary N) is 1. The van der Waals surface area contributed by atoms with Crippen LogP contribution in [-0.2, 0) is 19.8 Å². The van der Waals surface area contributed by atoms with Crippen LogP contribution in [0.25, 0.3) is 16.9 Å². The lowest BCUT2D eigenvalue weighted by Crippen LogP contribution is -2.30. The third-order valence-electron chi connectivity index (χ3n) is 5.76. The number of anilines is 2. The molecular formula is C25H25ClF5N9O. The quantitative estimate of drug-likeness (QED) is 0.106. The highest BCUT2D eigenvalue weighted by molar-refractivity contribution is 6.36. The predicted octanol–water partition coefficient (Wildman–Crippen LogP) is 4.45. The largest absolute Gasteiger partial charge is 0.450 e. The Labute approximate surface area is 235 Å². The van der Waals surface area contributed by atoms with Crippen molar-refractivity contribution in [3.8, 4) is 5.75 Å². The molecule has 0 radical (unpaired) electrons. The number of imidazole rings is 1. The average Bonchev–Trinajstić information content (AvgIpc) is 3.26. The van der Waals surface area contributed by atoms with Gasteiger partial charge in [-0.15, -0.1) is 0 Å². The zero-order chi connectivity index (χ0) is 29.6. The number of nitrogens with one attached hydrogen (secondary N) is 3. The Morgan fingerprint density at radius 2 is 1.93 bits per heavy atom. The zero-order valence-electron chi connectivity index (χ0n) is 21.5. The van der Waals surface area contributed by atoms with Crippen molar-refractivity contribution in [2.45, 2.75) is 19.1 Å². The van der Waals surface area contributed by atoms with Gasteiger partial charge in [-0.2, -0.15) is 18.2 Å². The maximum absolute atomic E-state index is 13.9. The van der Waals surface area contributed by atoms with Crippen LogP contribution in [0.2, 0.25) is 5.02 Å². The van der Waals surface area contributed by atoms with Crippen molar-refractivity contribution in [1.29, 1.82) is 0 Å². The van der Waals surface area contributed by atoms with Crippen LogP contribution in [-0.4, -0.2) is 50.6 Å². The minimum Gasteiger partial charge on any atom is -0.450 e. The first-order valence-corrected chi connectivity index (χ1v) is 12.5. The molecule has 4 aromatic rings. The lowest BCUT2D eigenvalue weighted by Gasteiger charge is -2.16. The summed E-state index contributed by atoms with van der Waals surface area (Å²) in [7, 11) is 1.61. The lowest BCUT2D eigenvalue weighted by atomic mass is 10.1. The number of nitrogens with zero attached hydrogens (tertiary/aromatic N) is 5. The molecule has 0 spiro atoms. The second kappa shape index (κ2) is 13.1. The fourth-order valence-electron chi connectivity index (χ4n) is 3.82. The first-order chi connectivity index (χ1) is 19.6. The van der Waals surface area contributed by atoms with Crippen LogP contribution in [0.3, 0.4) is 0 Å². The van der Waals surface area contributed by atoms with Crippen LogP contribution in [0.1, 0.15) is 16.8 Å². The summed E-state index contributed by atoms with van der Waals surface area (Å²) in [6.07, 6.45) is -0.184. The highest BCUT2D eigenvalue weighted by Crippen LogP contribution is 2.37. The van der Waals surface area contributed by atoms with Gasteiger partial charge in [0.1, 0.15) is 16.2 Å².